The third kappa shape index (κ3) is 3.91. The van der Waals surface area contributed by atoms with Crippen LogP contribution >= 0.6 is 0 Å². The molecule has 0 spiro atoms. The summed E-state index contributed by atoms with van der Waals surface area (Å²) in [5.41, 5.74) is 3.89. The van der Waals surface area contributed by atoms with Crippen molar-refractivity contribution in [2.24, 2.45) is 0 Å². The standard InChI is InChI=1S/C26H24N2O4/c29-25(31-16-18-9-3-1-4-10-18)23-15-21-20-13-7-8-14-22(20)27-24(21)28(23)26(30)32-17-19-11-5-2-6-12-19/h1-14,21,23-24,27H,15-17H2/t21-,23+,24-/m0/s1. The largest absolute Gasteiger partial charge is 0.459 e. The molecule has 1 saturated heterocycles. The summed E-state index contributed by atoms with van der Waals surface area (Å²) in [6.45, 7) is 0.314. The molecule has 0 unspecified atom stereocenters. The number of nitrogens with zero attached hydrogens (tertiary/aromatic N) is 1. The van der Waals surface area contributed by atoms with Gasteiger partial charge in [0.05, 0.1) is 0 Å². The van der Waals surface area contributed by atoms with E-state index in [1.807, 2.05) is 84.9 Å². The van der Waals surface area contributed by atoms with E-state index >= 15 is 0 Å². The molecule has 1 amide bonds. The molecular formula is C26H24N2O4. The highest BCUT2D eigenvalue weighted by Crippen LogP contribution is 2.46. The summed E-state index contributed by atoms with van der Waals surface area (Å²) in [4.78, 5) is 27.7. The number of benzene rings is 3. The van der Waals surface area contributed by atoms with Gasteiger partial charge >= 0.3 is 12.1 Å². The quantitative estimate of drug-likeness (QED) is 0.598. The number of carbonyl (C=O) groups is 2. The zero-order valence-electron chi connectivity index (χ0n) is 17.5. The lowest BCUT2D eigenvalue weighted by atomic mass is 9.96. The number of likely N-dealkylation sites (tertiary alicyclic amines) is 1. The van der Waals surface area contributed by atoms with Gasteiger partial charge in [-0.3, -0.25) is 4.90 Å². The molecule has 2 heterocycles. The number of rotatable bonds is 5. The third-order valence-electron chi connectivity index (χ3n) is 6.07. The van der Waals surface area contributed by atoms with E-state index in [1.165, 1.54) is 4.90 Å². The number of fused-ring (bicyclic) bond motifs is 3. The van der Waals surface area contributed by atoms with Gasteiger partial charge < -0.3 is 14.8 Å². The molecule has 1 fully saturated rings. The topological polar surface area (TPSA) is 67.9 Å². The number of hydrogen-bond donors (Lipinski definition) is 1. The van der Waals surface area contributed by atoms with Crippen LogP contribution in [0.2, 0.25) is 0 Å². The number of esters is 1. The fourth-order valence-electron chi connectivity index (χ4n) is 4.52. The van der Waals surface area contributed by atoms with E-state index in [9.17, 15) is 9.59 Å². The highest BCUT2D eigenvalue weighted by atomic mass is 16.6. The molecule has 2 aliphatic heterocycles. The smallest absolute Gasteiger partial charge is 0.412 e. The lowest BCUT2D eigenvalue weighted by Gasteiger charge is -2.28. The molecule has 6 heteroatoms. The second-order valence-electron chi connectivity index (χ2n) is 8.08. The normalized spacial score (nSPS) is 20.8. The van der Waals surface area contributed by atoms with E-state index in [0.29, 0.717) is 6.42 Å². The Morgan fingerprint density at radius 2 is 1.41 bits per heavy atom. The van der Waals surface area contributed by atoms with Crippen molar-refractivity contribution in [2.45, 2.75) is 37.8 Å². The van der Waals surface area contributed by atoms with Gasteiger partial charge in [0.15, 0.2) is 0 Å². The molecular weight excluding hydrogens is 404 g/mol. The lowest BCUT2D eigenvalue weighted by molar-refractivity contribution is -0.150. The van der Waals surface area contributed by atoms with Gasteiger partial charge in [0.1, 0.15) is 25.4 Å². The fraction of sp³-hybridized carbons (Fsp3) is 0.231. The number of nitrogens with one attached hydrogen (secondary N) is 1. The van der Waals surface area contributed by atoms with Gasteiger partial charge in [0, 0.05) is 11.6 Å². The highest BCUT2D eigenvalue weighted by molar-refractivity contribution is 5.84. The Labute approximate surface area is 186 Å². The van der Waals surface area contributed by atoms with Gasteiger partial charge in [0.2, 0.25) is 0 Å². The van der Waals surface area contributed by atoms with Crippen LogP contribution in [-0.2, 0) is 27.5 Å². The first-order valence-electron chi connectivity index (χ1n) is 10.8. The summed E-state index contributed by atoms with van der Waals surface area (Å²) < 4.78 is 11.2. The number of hydrogen-bond acceptors (Lipinski definition) is 5. The maximum atomic E-state index is 13.2. The summed E-state index contributed by atoms with van der Waals surface area (Å²) >= 11 is 0. The average Bonchev–Trinajstić information content (AvgIpc) is 3.39. The third-order valence-corrected chi connectivity index (χ3v) is 6.07. The molecule has 0 aliphatic carbocycles. The van der Waals surface area contributed by atoms with Crippen molar-refractivity contribution in [3.05, 3.63) is 102 Å². The second kappa shape index (κ2) is 8.75. The molecule has 3 aromatic carbocycles. The second-order valence-corrected chi connectivity index (χ2v) is 8.08. The Balaban J connectivity index is 1.34. The minimum Gasteiger partial charge on any atom is -0.459 e. The maximum Gasteiger partial charge on any atom is 0.412 e. The average molecular weight is 428 g/mol. The molecule has 2 aliphatic rings. The number of ether oxygens (including phenoxy) is 2. The van der Waals surface area contributed by atoms with Crippen molar-refractivity contribution < 1.29 is 19.1 Å². The molecule has 162 valence electrons. The van der Waals surface area contributed by atoms with E-state index in [2.05, 4.69) is 5.32 Å². The maximum absolute atomic E-state index is 13.2. The highest BCUT2D eigenvalue weighted by Gasteiger charge is 2.52. The minimum atomic E-state index is -0.710. The van der Waals surface area contributed by atoms with E-state index < -0.39 is 18.1 Å². The molecule has 0 bridgehead atoms. The lowest BCUT2D eigenvalue weighted by Crippen LogP contribution is -2.48. The van der Waals surface area contributed by atoms with Crippen LogP contribution in [0.4, 0.5) is 10.5 Å². The first-order valence-corrected chi connectivity index (χ1v) is 10.8. The van der Waals surface area contributed by atoms with Crippen LogP contribution in [0.25, 0.3) is 0 Å². The first-order chi connectivity index (χ1) is 15.7. The van der Waals surface area contributed by atoms with E-state index in [-0.39, 0.29) is 25.3 Å². The first kappa shape index (κ1) is 20.1. The van der Waals surface area contributed by atoms with Gasteiger partial charge in [-0.25, -0.2) is 9.59 Å². The Morgan fingerprint density at radius 1 is 0.812 bits per heavy atom. The summed E-state index contributed by atoms with van der Waals surface area (Å²) in [6.07, 6.45) is -0.379. The van der Waals surface area contributed by atoms with Crippen molar-refractivity contribution in [3.8, 4) is 0 Å². The number of carbonyl (C=O) groups excluding carboxylic acids is 2. The Kier molecular flexibility index (Phi) is 5.50. The summed E-state index contributed by atoms with van der Waals surface area (Å²) in [5.74, 6) is -0.413. The summed E-state index contributed by atoms with van der Waals surface area (Å²) in [7, 11) is 0. The van der Waals surface area contributed by atoms with Gasteiger partial charge in [-0.1, -0.05) is 78.9 Å². The molecule has 0 saturated carbocycles. The van der Waals surface area contributed by atoms with Crippen LogP contribution in [0.15, 0.2) is 84.9 Å². The summed E-state index contributed by atoms with van der Waals surface area (Å²) in [5, 5.41) is 3.40. The number of amides is 1. The van der Waals surface area contributed by atoms with E-state index in [1.54, 1.807) is 0 Å². The molecule has 3 atom stereocenters. The van der Waals surface area contributed by atoms with Crippen LogP contribution in [0.5, 0.6) is 0 Å². The number of para-hydroxylation sites is 1. The Hall–Kier alpha value is -3.80. The van der Waals surface area contributed by atoms with E-state index in [4.69, 9.17) is 9.47 Å². The van der Waals surface area contributed by atoms with Crippen LogP contribution in [0, 0.1) is 0 Å². The van der Waals surface area contributed by atoms with Gasteiger partial charge in [-0.2, -0.15) is 0 Å². The zero-order chi connectivity index (χ0) is 21.9. The molecule has 5 rings (SSSR count). The molecule has 6 nitrogen and oxygen atoms in total. The molecule has 3 aromatic rings. The molecule has 0 radical (unpaired) electrons. The van der Waals surface area contributed by atoms with Crippen molar-refractivity contribution in [3.63, 3.8) is 0 Å². The Morgan fingerprint density at radius 3 is 2.09 bits per heavy atom. The minimum absolute atomic E-state index is 0.00440. The summed E-state index contributed by atoms with van der Waals surface area (Å²) in [6, 6.07) is 26.3. The molecule has 32 heavy (non-hydrogen) atoms. The van der Waals surface area contributed by atoms with Crippen molar-refractivity contribution >= 4 is 17.7 Å². The van der Waals surface area contributed by atoms with Crippen LogP contribution in [0.1, 0.15) is 29.0 Å². The van der Waals surface area contributed by atoms with Crippen molar-refractivity contribution in [2.75, 3.05) is 5.32 Å². The van der Waals surface area contributed by atoms with Crippen LogP contribution in [-0.4, -0.2) is 29.2 Å². The predicted octanol–water partition coefficient (Wildman–Crippen LogP) is 4.68. The van der Waals surface area contributed by atoms with Crippen molar-refractivity contribution in [1.29, 1.82) is 0 Å². The fourth-order valence-corrected chi connectivity index (χ4v) is 4.52. The van der Waals surface area contributed by atoms with Crippen LogP contribution in [0.3, 0.4) is 0 Å². The van der Waals surface area contributed by atoms with Crippen LogP contribution < -0.4 is 5.32 Å². The molecule has 0 aromatic heterocycles. The van der Waals surface area contributed by atoms with Gasteiger partial charge in [-0.05, 0) is 29.2 Å². The molecule has 1 N–H and O–H groups in total. The van der Waals surface area contributed by atoms with Gasteiger partial charge in [-0.15, -0.1) is 0 Å². The predicted molar refractivity (Wildman–Crippen MR) is 120 cm³/mol. The van der Waals surface area contributed by atoms with E-state index in [0.717, 1.165) is 22.4 Å². The Bertz CT molecular complexity index is 1100. The number of anilines is 1. The zero-order valence-corrected chi connectivity index (χ0v) is 17.5. The monoisotopic (exact) mass is 428 g/mol. The van der Waals surface area contributed by atoms with Gasteiger partial charge in [0.25, 0.3) is 0 Å². The SMILES string of the molecule is O=C(OCc1ccccc1)[C@H]1C[C@H]2c3ccccc3N[C@H]2N1C(=O)OCc1ccccc1. The van der Waals surface area contributed by atoms with Crippen molar-refractivity contribution in [1.82, 2.24) is 4.90 Å².